The van der Waals surface area contributed by atoms with Crippen LogP contribution in [-0.2, 0) is 11.3 Å². The fourth-order valence-electron chi connectivity index (χ4n) is 3.01. The third-order valence-electron chi connectivity index (χ3n) is 4.45. The van der Waals surface area contributed by atoms with Gasteiger partial charge in [-0.1, -0.05) is 18.2 Å². The molecule has 0 saturated carbocycles. The number of hydrogen-bond acceptors (Lipinski definition) is 4. The van der Waals surface area contributed by atoms with E-state index in [1.807, 2.05) is 23.1 Å². The summed E-state index contributed by atoms with van der Waals surface area (Å²) in [4.78, 5) is 28.7. The van der Waals surface area contributed by atoms with Crippen LogP contribution in [0.15, 0.2) is 53.5 Å². The number of aromatic nitrogens is 1. The molecule has 0 radical (unpaired) electrons. The molecule has 132 valence electrons. The molecule has 0 bridgehead atoms. The molecule has 0 spiro atoms. The minimum atomic E-state index is -0.123. The van der Waals surface area contributed by atoms with Gasteiger partial charge in [-0.15, -0.1) is 0 Å². The molecule has 1 saturated heterocycles. The van der Waals surface area contributed by atoms with Crippen LogP contribution < -0.4 is 10.5 Å². The van der Waals surface area contributed by atoms with E-state index in [1.54, 1.807) is 19.4 Å². The molecule has 1 aromatic carbocycles. The van der Waals surface area contributed by atoms with Crippen LogP contribution in [0.4, 0.5) is 5.69 Å². The minimum Gasteiger partial charge on any atom is -0.383 e. The van der Waals surface area contributed by atoms with Gasteiger partial charge in [0.2, 0.25) is 0 Å². The number of piperazine rings is 1. The van der Waals surface area contributed by atoms with Gasteiger partial charge in [-0.05, 0) is 18.2 Å². The Morgan fingerprint density at radius 2 is 1.76 bits per heavy atom. The average molecular weight is 341 g/mol. The van der Waals surface area contributed by atoms with Crippen molar-refractivity contribution in [3.63, 3.8) is 0 Å². The highest BCUT2D eigenvalue weighted by atomic mass is 16.5. The van der Waals surface area contributed by atoms with E-state index in [0.717, 1.165) is 13.1 Å². The Morgan fingerprint density at radius 1 is 1.04 bits per heavy atom. The summed E-state index contributed by atoms with van der Waals surface area (Å²) in [5.74, 6) is -0.0288. The van der Waals surface area contributed by atoms with Crippen molar-refractivity contribution in [3.8, 4) is 0 Å². The summed E-state index contributed by atoms with van der Waals surface area (Å²) < 4.78 is 6.54. The van der Waals surface area contributed by atoms with Gasteiger partial charge < -0.3 is 19.1 Å². The third kappa shape index (κ3) is 4.09. The Kier molecular flexibility index (Phi) is 5.50. The number of ether oxygens (including phenoxy) is 1. The van der Waals surface area contributed by atoms with Gasteiger partial charge in [0.15, 0.2) is 0 Å². The number of carbonyl (C=O) groups excluding carboxylic acids is 1. The van der Waals surface area contributed by atoms with Crippen molar-refractivity contribution in [2.45, 2.75) is 6.54 Å². The highest BCUT2D eigenvalue weighted by Crippen LogP contribution is 2.16. The fourth-order valence-corrected chi connectivity index (χ4v) is 3.01. The number of pyridine rings is 1. The molecule has 1 fully saturated rings. The third-order valence-corrected chi connectivity index (χ3v) is 4.45. The molecular weight excluding hydrogens is 318 g/mol. The maximum Gasteiger partial charge on any atom is 0.255 e. The van der Waals surface area contributed by atoms with Crippen molar-refractivity contribution in [1.29, 1.82) is 0 Å². The largest absolute Gasteiger partial charge is 0.383 e. The molecule has 1 aromatic heterocycles. The van der Waals surface area contributed by atoms with Gasteiger partial charge in [0.05, 0.1) is 12.2 Å². The van der Waals surface area contributed by atoms with E-state index in [4.69, 9.17) is 4.74 Å². The normalized spacial score (nSPS) is 14.6. The predicted octanol–water partition coefficient (Wildman–Crippen LogP) is 1.46. The zero-order valence-electron chi connectivity index (χ0n) is 14.4. The van der Waals surface area contributed by atoms with Crippen molar-refractivity contribution in [2.24, 2.45) is 0 Å². The highest BCUT2D eigenvalue weighted by molar-refractivity contribution is 5.94. The van der Waals surface area contributed by atoms with Crippen molar-refractivity contribution < 1.29 is 9.53 Å². The van der Waals surface area contributed by atoms with E-state index in [9.17, 15) is 9.59 Å². The maximum atomic E-state index is 12.7. The average Bonchev–Trinajstić information content (AvgIpc) is 2.67. The number of hydrogen-bond donors (Lipinski definition) is 0. The SMILES string of the molecule is COCCn1cc(C(=O)N2CCN(c3ccccc3)CC2)ccc1=O. The Hall–Kier alpha value is -2.60. The highest BCUT2D eigenvalue weighted by Gasteiger charge is 2.22. The number of anilines is 1. The van der Waals surface area contributed by atoms with Gasteiger partial charge in [-0.25, -0.2) is 0 Å². The minimum absolute atomic E-state index is 0.0288. The van der Waals surface area contributed by atoms with Crippen LogP contribution in [-0.4, -0.2) is 55.3 Å². The van der Waals surface area contributed by atoms with Gasteiger partial charge in [0.25, 0.3) is 11.5 Å². The predicted molar refractivity (Wildman–Crippen MR) is 97.1 cm³/mol. The van der Waals surface area contributed by atoms with Crippen LogP contribution in [0.1, 0.15) is 10.4 Å². The molecule has 2 heterocycles. The molecule has 25 heavy (non-hydrogen) atoms. The molecule has 6 nitrogen and oxygen atoms in total. The Balaban J connectivity index is 1.65. The number of amides is 1. The van der Waals surface area contributed by atoms with Crippen LogP contribution in [0.5, 0.6) is 0 Å². The lowest BCUT2D eigenvalue weighted by Gasteiger charge is -2.36. The number of benzene rings is 1. The zero-order chi connectivity index (χ0) is 17.6. The first-order valence-corrected chi connectivity index (χ1v) is 8.48. The number of rotatable bonds is 5. The van der Waals surface area contributed by atoms with Crippen molar-refractivity contribution in [3.05, 3.63) is 64.6 Å². The second-order valence-corrected chi connectivity index (χ2v) is 6.06. The molecule has 6 heteroatoms. The summed E-state index contributed by atoms with van der Waals surface area (Å²) in [7, 11) is 1.59. The summed E-state index contributed by atoms with van der Waals surface area (Å²) >= 11 is 0. The van der Waals surface area contributed by atoms with Crippen LogP contribution in [0.25, 0.3) is 0 Å². The van der Waals surface area contributed by atoms with E-state index >= 15 is 0 Å². The Bertz CT molecular complexity index is 765. The Labute approximate surface area is 147 Å². The summed E-state index contributed by atoms with van der Waals surface area (Å²) in [6.07, 6.45) is 1.63. The van der Waals surface area contributed by atoms with Crippen LogP contribution in [0.2, 0.25) is 0 Å². The summed E-state index contributed by atoms with van der Waals surface area (Å²) in [5, 5.41) is 0. The van der Waals surface area contributed by atoms with E-state index in [1.165, 1.54) is 16.3 Å². The second kappa shape index (κ2) is 7.98. The standard InChI is InChI=1S/C19H23N3O3/c1-25-14-13-22-15-16(7-8-18(22)23)19(24)21-11-9-20(10-12-21)17-5-3-2-4-6-17/h2-8,15H,9-14H2,1H3. The topological polar surface area (TPSA) is 54.8 Å². The molecule has 2 aromatic rings. The van der Waals surface area contributed by atoms with Gasteiger partial charge in [-0.2, -0.15) is 0 Å². The summed E-state index contributed by atoms with van der Waals surface area (Å²) in [6, 6.07) is 13.3. The zero-order valence-corrected chi connectivity index (χ0v) is 14.4. The van der Waals surface area contributed by atoms with Crippen LogP contribution in [0, 0.1) is 0 Å². The molecule has 0 N–H and O–H groups in total. The lowest BCUT2D eigenvalue weighted by molar-refractivity contribution is 0.0745. The molecule has 3 rings (SSSR count). The number of nitrogens with zero attached hydrogens (tertiary/aromatic N) is 3. The molecule has 1 aliphatic rings. The van der Waals surface area contributed by atoms with Gasteiger partial charge in [-0.3, -0.25) is 9.59 Å². The second-order valence-electron chi connectivity index (χ2n) is 6.06. The summed E-state index contributed by atoms with van der Waals surface area (Å²) in [6.45, 7) is 3.83. The van der Waals surface area contributed by atoms with E-state index in [-0.39, 0.29) is 11.5 Å². The van der Waals surface area contributed by atoms with E-state index < -0.39 is 0 Å². The van der Waals surface area contributed by atoms with Crippen LogP contribution >= 0.6 is 0 Å². The molecule has 0 unspecified atom stereocenters. The van der Waals surface area contributed by atoms with Gasteiger partial charge in [0.1, 0.15) is 0 Å². The maximum absolute atomic E-state index is 12.7. The lowest BCUT2D eigenvalue weighted by Crippen LogP contribution is -2.49. The molecule has 1 aliphatic heterocycles. The number of para-hydroxylation sites is 1. The van der Waals surface area contributed by atoms with Crippen molar-refractivity contribution in [2.75, 3.05) is 44.8 Å². The summed E-state index contributed by atoms with van der Waals surface area (Å²) in [5.41, 5.74) is 1.61. The van der Waals surface area contributed by atoms with Crippen molar-refractivity contribution >= 4 is 11.6 Å². The van der Waals surface area contributed by atoms with E-state index in [2.05, 4.69) is 17.0 Å². The van der Waals surface area contributed by atoms with Crippen LogP contribution in [0.3, 0.4) is 0 Å². The van der Waals surface area contributed by atoms with E-state index in [0.29, 0.717) is 31.8 Å². The molecular formula is C19H23N3O3. The lowest BCUT2D eigenvalue weighted by atomic mass is 10.2. The van der Waals surface area contributed by atoms with Crippen molar-refractivity contribution in [1.82, 2.24) is 9.47 Å². The monoisotopic (exact) mass is 341 g/mol. The van der Waals surface area contributed by atoms with Gasteiger partial charge >= 0.3 is 0 Å². The number of methoxy groups -OCH3 is 1. The fraction of sp³-hybridized carbons (Fsp3) is 0.368. The Morgan fingerprint density at radius 3 is 2.44 bits per heavy atom. The molecule has 1 amide bonds. The quantitative estimate of drug-likeness (QED) is 0.826. The number of carbonyl (C=O) groups is 1. The smallest absolute Gasteiger partial charge is 0.255 e. The first kappa shape index (κ1) is 17.2. The molecule has 0 atom stereocenters. The first-order chi connectivity index (χ1) is 12.2. The first-order valence-electron chi connectivity index (χ1n) is 8.48. The van der Waals surface area contributed by atoms with Gasteiger partial charge in [0, 0.05) is 57.8 Å². The molecule has 0 aliphatic carbocycles.